The van der Waals surface area contributed by atoms with Gasteiger partial charge in [0, 0.05) is 27.2 Å². The molecule has 1 aliphatic rings. The highest BCUT2D eigenvalue weighted by Gasteiger charge is 2.34. The van der Waals surface area contributed by atoms with Crippen molar-refractivity contribution >= 4 is 40.7 Å². The number of carbonyl (C=O) groups is 3. The summed E-state index contributed by atoms with van der Waals surface area (Å²) < 4.78 is 0. The number of aromatic nitrogens is 2. The lowest BCUT2D eigenvalue weighted by Crippen LogP contribution is -2.37. The predicted octanol–water partition coefficient (Wildman–Crippen LogP) is 2.32. The van der Waals surface area contributed by atoms with Crippen molar-refractivity contribution in [3.63, 3.8) is 0 Å². The molecule has 9 heteroatoms. The van der Waals surface area contributed by atoms with Crippen molar-refractivity contribution in [2.75, 3.05) is 32.1 Å². The molecule has 0 saturated carbocycles. The summed E-state index contributed by atoms with van der Waals surface area (Å²) in [4.78, 5) is 40.1. The summed E-state index contributed by atoms with van der Waals surface area (Å²) in [7, 11) is 3.65. The number of aryl methyl sites for hydroxylation is 1. The third-order valence-corrected chi connectivity index (χ3v) is 5.12. The summed E-state index contributed by atoms with van der Waals surface area (Å²) in [5, 5.41) is 10.1. The van der Waals surface area contributed by atoms with Crippen LogP contribution >= 0.6 is 11.8 Å². The van der Waals surface area contributed by atoms with Gasteiger partial charge in [-0.1, -0.05) is 29.8 Å². The van der Waals surface area contributed by atoms with Gasteiger partial charge >= 0.3 is 0 Å². The lowest BCUT2D eigenvalue weighted by atomic mass is 10.1. The second-order valence-corrected chi connectivity index (χ2v) is 7.66. The second kappa shape index (κ2) is 8.87. The number of imide groups is 1. The van der Waals surface area contributed by atoms with E-state index in [4.69, 9.17) is 0 Å². The highest BCUT2D eigenvalue weighted by atomic mass is 32.2. The Morgan fingerprint density at radius 2 is 1.86 bits per heavy atom. The van der Waals surface area contributed by atoms with E-state index in [9.17, 15) is 14.4 Å². The molecule has 1 saturated heterocycles. The maximum atomic E-state index is 12.5. The van der Waals surface area contributed by atoms with Crippen LogP contribution in [0.2, 0.25) is 0 Å². The number of thioether (sulfide) groups is 1. The first-order valence-electron chi connectivity index (χ1n) is 8.96. The molecule has 0 bridgehead atoms. The number of hydrogen-bond acceptors (Lipinski definition) is 7. The van der Waals surface area contributed by atoms with Gasteiger partial charge in [0.15, 0.2) is 11.5 Å². The molecule has 3 amide bonds. The van der Waals surface area contributed by atoms with Gasteiger partial charge in [-0.05, 0) is 42.5 Å². The van der Waals surface area contributed by atoms with Crippen molar-refractivity contribution in [2.24, 2.45) is 0 Å². The Labute approximate surface area is 173 Å². The fourth-order valence-electron chi connectivity index (χ4n) is 2.56. The van der Waals surface area contributed by atoms with Gasteiger partial charge in [-0.15, -0.1) is 10.2 Å². The number of nitrogens with zero attached hydrogens (tertiary/aromatic N) is 4. The fraction of sp³-hybridized carbons (Fsp3) is 0.250. The van der Waals surface area contributed by atoms with E-state index >= 15 is 0 Å². The average molecular weight is 411 g/mol. The molecule has 2 heterocycles. The van der Waals surface area contributed by atoms with E-state index in [2.05, 4.69) is 15.5 Å². The quantitative estimate of drug-likeness (QED) is 0.729. The highest BCUT2D eigenvalue weighted by molar-refractivity contribution is 8.18. The Bertz CT molecular complexity index is 955. The largest absolute Gasteiger partial charge is 0.361 e. The molecule has 2 aromatic rings. The molecule has 0 atom stereocenters. The molecular weight excluding hydrogens is 390 g/mol. The SMILES string of the molecule is Cc1ccc(/C=C2/SC(=O)N(CCNC(=O)c3ccc(N(C)C)nn3)C2=O)cc1. The van der Waals surface area contributed by atoms with Crippen molar-refractivity contribution in [2.45, 2.75) is 6.92 Å². The van der Waals surface area contributed by atoms with Crippen molar-refractivity contribution in [3.8, 4) is 0 Å². The number of benzene rings is 1. The third-order valence-electron chi connectivity index (χ3n) is 4.21. The van der Waals surface area contributed by atoms with Crippen LogP contribution in [0, 0.1) is 6.92 Å². The molecule has 3 rings (SSSR count). The number of rotatable bonds is 6. The molecule has 1 N–H and O–H groups in total. The summed E-state index contributed by atoms with van der Waals surface area (Å²) in [5.74, 6) is -0.130. The van der Waals surface area contributed by atoms with Gasteiger partial charge in [0.25, 0.3) is 17.1 Å². The van der Waals surface area contributed by atoms with Gasteiger partial charge < -0.3 is 10.2 Å². The van der Waals surface area contributed by atoms with E-state index in [1.807, 2.05) is 45.3 Å². The Morgan fingerprint density at radius 3 is 2.48 bits per heavy atom. The van der Waals surface area contributed by atoms with E-state index in [1.54, 1.807) is 23.1 Å². The standard InChI is InChI=1S/C20H21N5O3S/c1-13-4-6-14(7-5-13)12-16-19(27)25(20(28)29-16)11-10-21-18(26)15-8-9-17(23-22-15)24(2)3/h4-9,12H,10-11H2,1-3H3,(H,21,26)/b16-12+. The maximum Gasteiger partial charge on any atom is 0.293 e. The summed E-state index contributed by atoms with van der Waals surface area (Å²) in [6.07, 6.45) is 1.70. The molecule has 0 unspecified atom stereocenters. The number of carbonyl (C=O) groups excluding carboxylic acids is 3. The normalized spacial score (nSPS) is 15.1. The molecule has 0 aliphatic carbocycles. The zero-order valence-electron chi connectivity index (χ0n) is 16.4. The first kappa shape index (κ1) is 20.5. The fourth-order valence-corrected chi connectivity index (χ4v) is 3.43. The second-order valence-electron chi connectivity index (χ2n) is 6.67. The molecule has 0 radical (unpaired) electrons. The van der Waals surface area contributed by atoms with Gasteiger partial charge in [-0.25, -0.2) is 0 Å². The van der Waals surface area contributed by atoms with Crippen LogP contribution in [0.1, 0.15) is 21.6 Å². The van der Waals surface area contributed by atoms with Crippen LogP contribution in [-0.4, -0.2) is 59.3 Å². The summed E-state index contributed by atoms with van der Waals surface area (Å²) in [5.41, 5.74) is 2.14. The van der Waals surface area contributed by atoms with Crippen LogP contribution in [0.15, 0.2) is 41.3 Å². The van der Waals surface area contributed by atoms with Crippen LogP contribution in [-0.2, 0) is 4.79 Å². The first-order chi connectivity index (χ1) is 13.8. The lowest BCUT2D eigenvalue weighted by molar-refractivity contribution is -0.122. The van der Waals surface area contributed by atoms with Crippen LogP contribution in [0.25, 0.3) is 6.08 Å². The molecular formula is C20H21N5O3S. The van der Waals surface area contributed by atoms with Gasteiger partial charge in [-0.3, -0.25) is 19.3 Å². The molecule has 1 fully saturated rings. The average Bonchev–Trinajstić information content (AvgIpc) is 2.97. The summed E-state index contributed by atoms with van der Waals surface area (Å²) >= 11 is 0.899. The van der Waals surface area contributed by atoms with Gasteiger partial charge in [0.1, 0.15) is 0 Å². The van der Waals surface area contributed by atoms with Crippen LogP contribution in [0.5, 0.6) is 0 Å². The van der Waals surface area contributed by atoms with Crippen molar-refractivity contribution < 1.29 is 14.4 Å². The maximum absolute atomic E-state index is 12.5. The Morgan fingerprint density at radius 1 is 1.14 bits per heavy atom. The molecule has 29 heavy (non-hydrogen) atoms. The van der Waals surface area contributed by atoms with E-state index in [-0.39, 0.29) is 29.9 Å². The molecule has 8 nitrogen and oxygen atoms in total. The minimum Gasteiger partial charge on any atom is -0.361 e. The topological polar surface area (TPSA) is 95.5 Å². The van der Waals surface area contributed by atoms with E-state index in [0.717, 1.165) is 27.8 Å². The Balaban J connectivity index is 1.56. The third kappa shape index (κ3) is 5.00. The van der Waals surface area contributed by atoms with Crippen LogP contribution in [0.4, 0.5) is 10.6 Å². The van der Waals surface area contributed by atoms with Crippen molar-refractivity contribution in [1.82, 2.24) is 20.4 Å². The molecule has 1 aromatic carbocycles. The number of anilines is 1. The van der Waals surface area contributed by atoms with E-state index in [1.165, 1.54) is 0 Å². The summed E-state index contributed by atoms with van der Waals surface area (Å²) in [6, 6.07) is 10.9. The number of hydrogen-bond donors (Lipinski definition) is 1. The van der Waals surface area contributed by atoms with Crippen LogP contribution in [0.3, 0.4) is 0 Å². The van der Waals surface area contributed by atoms with E-state index < -0.39 is 5.91 Å². The van der Waals surface area contributed by atoms with Crippen molar-refractivity contribution in [3.05, 3.63) is 58.1 Å². The van der Waals surface area contributed by atoms with Crippen LogP contribution < -0.4 is 10.2 Å². The Kier molecular flexibility index (Phi) is 6.28. The minimum absolute atomic E-state index is 0.0881. The first-order valence-corrected chi connectivity index (χ1v) is 9.78. The van der Waals surface area contributed by atoms with Gasteiger partial charge in [-0.2, -0.15) is 0 Å². The number of amides is 3. The molecule has 1 aromatic heterocycles. The summed E-state index contributed by atoms with van der Waals surface area (Å²) in [6.45, 7) is 2.20. The van der Waals surface area contributed by atoms with Gasteiger partial charge in [0.05, 0.1) is 4.91 Å². The predicted molar refractivity (Wildman–Crippen MR) is 113 cm³/mol. The monoisotopic (exact) mass is 411 g/mol. The smallest absolute Gasteiger partial charge is 0.293 e. The minimum atomic E-state index is -0.412. The molecule has 0 spiro atoms. The highest BCUT2D eigenvalue weighted by Crippen LogP contribution is 2.31. The Hall–Kier alpha value is -3.20. The van der Waals surface area contributed by atoms with Crippen molar-refractivity contribution in [1.29, 1.82) is 0 Å². The number of nitrogens with one attached hydrogen (secondary N) is 1. The zero-order valence-corrected chi connectivity index (χ0v) is 17.2. The van der Waals surface area contributed by atoms with Gasteiger partial charge in [0.2, 0.25) is 0 Å². The molecule has 150 valence electrons. The van der Waals surface area contributed by atoms with E-state index in [0.29, 0.717) is 10.7 Å². The lowest BCUT2D eigenvalue weighted by Gasteiger charge is -2.13. The molecule has 1 aliphatic heterocycles. The zero-order chi connectivity index (χ0) is 21.0.